The summed E-state index contributed by atoms with van der Waals surface area (Å²) in [5, 5.41) is 0. The fourth-order valence-electron chi connectivity index (χ4n) is 1.74. The molecule has 0 aromatic heterocycles. The Kier molecular flexibility index (Phi) is 4.01. The number of allylic oxidation sites excluding steroid dienone is 2. The van der Waals surface area contributed by atoms with E-state index in [1.54, 1.807) is 13.0 Å². The van der Waals surface area contributed by atoms with Gasteiger partial charge in [0.25, 0.3) is 0 Å². The van der Waals surface area contributed by atoms with Crippen molar-refractivity contribution in [3.63, 3.8) is 0 Å². The minimum atomic E-state index is -4.93. The van der Waals surface area contributed by atoms with Gasteiger partial charge in [0.2, 0.25) is 0 Å². The van der Waals surface area contributed by atoms with E-state index < -0.39 is 18.2 Å². The van der Waals surface area contributed by atoms with Gasteiger partial charge in [-0.25, -0.2) is 4.79 Å². The second-order valence-corrected chi connectivity index (χ2v) is 4.35. The zero-order valence-corrected chi connectivity index (χ0v) is 9.80. The Hall–Kier alpha value is -1.26. The molecule has 1 aliphatic rings. The van der Waals surface area contributed by atoms with Crippen LogP contribution in [-0.2, 0) is 9.53 Å². The molecule has 0 saturated carbocycles. The second-order valence-electron chi connectivity index (χ2n) is 4.35. The number of rotatable bonds is 2. The largest absolute Gasteiger partial charge is 0.490 e. The molecule has 0 aromatic rings. The molecule has 2 nitrogen and oxygen atoms in total. The monoisotopic (exact) mass is 248 g/mol. The van der Waals surface area contributed by atoms with Crippen LogP contribution in [0.3, 0.4) is 0 Å². The molecule has 5 heteroatoms. The number of carbonyl (C=O) groups is 1. The first-order valence-electron chi connectivity index (χ1n) is 5.31. The van der Waals surface area contributed by atoms with Gasteiger partial charge in [0.05, 0.1) is 0 Å². The van der Waals surface area contributed by atoms with E-state index in [-0.39, 0.29) is 5.92 Å². The van der Waals surface area contributed by atoms with E-state index in [4.69, 9.17) is 0 Å². The van der Waals surface area contributed by atoms with E-state index in [2.05, 4.69) is 11.3 Å². The van der Waals surface area contributed by atoms with Gasteiger partial charge in [-0.2, -0.15) is 13.2 Å². The summed E-state index contributed by atoms with van der Waals surface area (Å²) in [7, 11) is 0. The lowest BCUT2D eigenvalue weighted by Crippen LogP contribution is -2.33. The number of alkyl halides is 3. The third-order valence-electron chi connectivity index (χ3n) is 2.91. The standard InChI is InChI=1S/C12H15F3O2/c1-7(2)9-5-4-8(3)10(6-9)17-11(16)12(13,14)15/h4,9-10H,1,5-6H2,2-3H3/t9-,10-/m0/s1. The first-order chi connectivity index (χ1) is 7.71. The maximum Gasteiger partial charge on any atom is 0.490 e. The first kappa shape index (κ1) is 13.8. The summed E-state index contributed by atoms with van der Waals surface area (Å²) in [4.78, 5) is 10.8. The zero-order chi connectivity index (χ0) is 13.2. The minimum absolute atomic E-state index is 0.0738. The van der Waals surface area contributed by atoms with Crippen molar-refractivity contribution < 1.29 is 22.7 Å². The van der Waals surface area contributed by atoms with E-state index in [0.29, 0.717) is 12.0 Å². The van der Waals surface area contributed by atoms with Crippen LogP contribution in [0.15, 0.2) is 23.8 Å². The summed E-state index contributed by atoms with van der Waals surface area (Å²) in [5.41, 5.74) is 1.56. The van der Waals surface area contributed by atoms with Crippen molar-refractivity contribution in [2.24, 2.45) is 5.92 Å². The van der Waals surface area contributed by atoms with Crippen molar-refractivity contribution >= 4 is 5.97 Å². The average molecular weight is 248 g/mol. The minimum Gasteiger partial charge on any atom is -0.451 e. The summed E-state index contributed by atoms with van der Waals surface area (Å²) >= 11 is 0. The molecule has 0 fully saturated rings. The van der Waals surface area contributed by atoms with Gasteiger partial charge in [0.1, 0.15) is 6.10 Å². The van der Waals surface area contributed by atoms with Gasteiger partial charge in [-0.3, -0.25) is 0 Å². The summed E-state index contributed by atoms with van der Waals surface area (Å²) in [6.45, 7) is 7.27. The van der Waals surface area contributed by atoms with Gasteiger partial charge in [-0.15, -0.1) is 0 Å². The van der Waals surface area contributed by atoms with Crippen LogP contribution >= 0.6 is 0 Å². The van der Waals surface area contributed by atoms with Crippen molar-refractivity contribution in [1.82, 2.24) is 0 Å². The predicted octanol–water partition coefficient (Wildman–Crippen LogP) is 3.39. The molecule has 0 aliphatic heterocycles. The number of esters is 1. The third kappa shape index (κ3) is 3.61. The lowest BCUT2D eigenvalue weighted by atomic mass is 9.84. The van der Waals surface area contributed by atoms with Gasteiger partial charge >= 0.3 is 12.1 Å². The number of hydrogen-bond donors (Lipinski definition) is 0. The van der Waals surface area contributed by atoms with Crippen LogP contribution in [0.2, 0.25) is 0 Å². The average Bonchev–Trinajstić information content (AvgIpc) is 2.19. The molecule has 0 unspecified atom stereocenters. The van der Waals surface area contributed by atoms with Crippen LogP contribution < -0.4 is 0 Å². The Morgan fingerprint density at radius 3 is 2.59 bits per heavy atom. The highest BCUT2D eigenvalue weighted by Gasteiger charge is 2.43. The normalized spacial score (nSPS) is 25.1. The molecule has 2 atom stereocenters. The van der Waals surface area contributed by atoms with Crippen molar-refractivity contribution in [2.45, 2.75) is 39.0 Å². The Balaban J connectivity index is 2.71. The van der Waals surface area contributed by atoms with Gasteiger partial charge in [0, 0.05) is 0 Å². The van der Waals surface area contributed by atoms with Crippen LogP contribution in [0.5, 0.6) is 0 Å². The fraction of sp³-hybridized carbons (Fsp3) is 0.583. The molecule has 0 heterocycles. The third-order valence-corrected chi connectivity index (χ3v) is 2.91. The molecule has 1 rings (SSSR count). The van der Waals surface area contributed by atoms with Crippen molar-refractivity contribution in [2.75, 3.05) is 0 Å². The molecule has 0 spiro atoms. The highest BCUT2D eigenvalue weighted by Crippen LogP contribution is 2.31. The van der Waals surface area contributed by atoms with Gasteiger partial charge in [0.15, 0.2) is 0 Å². The summed E-state index contributed by atoms with van der Waals surface area (Å²) in [6.07, 6.45) is -2.81. The molecule has 0 amide bonds. The summed E-state index contributed by atoms with van der Waals surface area (Å²) in [5.74, 6) is -2.05. The molecule has 1 aliphatic carbocycles. The summed E-state index contributed by atoms with van der Waals surface area (Å²) < 4.78 is 40.7. The van der Waals surface area contributed by atoms with Gasteiger partial charge < -0.3 is 4.74 Å². The molecular weight excluding hydrogens is 233 g/mol. The Morgan fingerprint density at radius 1 is 1.53 bits per heavy atom. The molecule has 0 radical (unpaired) electrons. The molecular formula is C12H15F3O2. The van der Waals surface area contributed by atoms with E-state index in [9.17, 15) is 18.0 Å². The molecule has 0 N–H and O–H groups in total. The van der Waals surface area contributed by atoms with E-state index in [1.165, 1.54) is 0 Å². The van der Waals surface area contributed by atoms with Crippen LogP contribution in [-0.4, -0.2) is 18.2 Å². The maximum atomic E-state index is 12.1. The number of ether oxygens (including phenoxy) is 1. The Labute approximate surface area is 98.1 Å². The zero-order valence-electron chi connectivity index (χ0n) is 9.80. The van der Waals surface area contributed by atoms with Gasteiger partial charge in [-0.1, -0.05) is 18.2 Å². The SMILES string of the molecule is C=C(C)[C@H]1CC=C(C)[C@@H](OC(=O)C(F)(F)F)C1. The Bertz CT molecular complexity index is 355. The van der Waals surface area contributed by atoms with Crippen LogP contribution in [0, 0.1) is 5.92 Å². The lowest BCUT2D eigenvalue weighted by Gasteiger charge is -2.28. The van der Waals surface area contributed by atoms with Crippen molar-refractivity contribution in [1.29, 1.82) is 0 Å². The van der Waals surface area contributed by atoms with E-state index >= 15 is 0 Å². The fourth-order valence-corrected chi connectivity index (χ4v) is 1.74. The molecule has 96 valence electrons. The lowest BCUT2D eigenvalue weighted by molar-refractivity contribution is -0.204. The highest BCUT2D eigenvalue weighted by atomic mass is 19.4. The van der Waals surface area contributed by atoms with Gasteiger partial charge in [-0.05, 0) is 38.2 Å². The quantitative estimate of drug-likeness (QED) is 0.553. The van der Waals surface area contributed by atoms with E-state index in [0.717, 1.165) is 12.0 Å². The van der Waals surface area contributed by atoms with Crippen molar-refractivity contribution in [3.8, 4) is 0 Å². The molecule has 17 heavy (non-hydrogen) atoms. The number of hydrogen-bond acceptors (Lipinski definition) is 2. The van der Waals surface area contributed by atoms with Crippen LogP contribution in [0.4, 0.5) is 13.2 Å². The predicted molar refractivity (Wildman–Crippen MR) is 57.2 cm³/mol. The molecule has 0 aromatic carbocycles. The smallest absolute Gasteiger partial charge is 0.451 e. The topological polar surface area (TPSA) is 26.3 Å². The first-order valence-corrected chi connectivity index (χ1v) is 5.31. The highest BCUT2D eigenvalue weighted by molar-refractivity contribution is 5.76. The van der Waals surface area contributed by atoms with E-state index in [1.807, 2.05) is 6.92 Å². The number of halogens is 3. The summed E-state index contributed by atoms with van der Waals surface area (Å²) in [6, 6.07) is 0. The molecule has 0 saturated heterocycles. The second kappa shape index (κ2) is 4.94. The van der Waals surface area contributed by atoms with Crippen LogP contribution in [0.1, 0.15) is 26.7 Å². The van der Waals surface area contributed by atoms with Crippen molar-refractivity contribution in [3.05, 3.63) is 23.8 Å². The van der Waals surface area contributed by atoms with Crippen LogP contribution in [0.25, 0.3) is 0 Å². The Morgan fingerprint density at radius 2 is 2.12 bits per heavy atom. The molecule has 0 bridgehead atoms. The number of carbonyl (C=O) groups excluding carboxylic acids is 1. The maximum absolute atomic E-state index is 12.1.